The van der Waals surface area contributed by atoms with E-state index in [2.05, 4.69) is 10.3 Å². The minimum Gasteiger partial charge on any atom is -0.374 e. The summed E-state index contributed by atoms with van der Waals surface area (Å²) in [5.41, 5.74) is -1.69. The summed E-state index contributed by atoms with van der Waals surface area (Å²) in [7, 11) is 0. The van der Waals surface area contributed by atoms with E-state index in [0.29, 0.717) is 15.4 Å². The van der Waals surface area contributed by atoms with Gasteiger partial charge in [-0.15, -0.1) is 11.3 Å². The Hall–Kier alpha value is -2.33. The molecule has 1 heterocycles. The van der Waals surface area contributed by atoms with Crippen LogP contribution in [0.15, 0.2) is 18.3 Å². The molecule has 0 aliphatic heterocycles. The SMILES string of the molecule is O=[N+]([O-])c1cc([N+](=O)[O-])c(NCc2cnc(Cl)s2)cc1F. The molecule has 110 valence electrons. The van der Waals surface area contributed by atoms with Gasteiger partial charge in [0.2, 0.25) is 5.82 Å². The highest BCUT2D eigenvalue weighted by molar-refractivity contribution is 7.15. The van der Waals surface area contributed by atoms with Crippen molar-refractivity contribution >= 4 is 40.0 Å². The topological polar surface area (TPSA) is 111 Å². The van der Waals surface area contributed by atoms with Crippen molar-refractivity contribution in [2.45, 2.75) is 6.54 Å². The molecular weight excluding hydrogens is 327 g/mol. The van der Waals surface area contributed by atoms with Crippen LogP contribution in [0.1, 0.15) is 4.88 Å². The van der Waals surface area contributed by atoms with E-state index in [1.807, 2.05) is 0 Å². The number of aromatic nitrogens is 1. The number of nitrogens with one attached hydrogen (secondary N) is 1. The molecule has 1 aromatic heterocycles. The van der Waals surface area contributed by atoms with Crippen LogP contribution in [0.2, 0.25) is 4.47 Å². The second kappa shape index (κ2) is 5.97. The van der Waals surface area contributed by atoms with Crippen LogP contribution < -0.4 is 5.32 Å². The summed E-state index contributed by atoms with van der Waals surface area (Å²) in [6.07, 6.45) is 1.47. The molecule has 1 aromatic carbocycles. The Morgan fingerprint density at radius 1 is 1.29 bits per heavy atom. The van der Waals surface area contributed by atoms with Crippen molar-refractivity contribution in [1.82, 2.24) is 4.98 Å². The van der Waals surface area contributed by atoms with Gasteiger partial charge in [-0.3, -0.25) is 20.2 Å². The van der Waals surface area contributed by atoms with E-state index in [4.69, 9.17) is 11.6 Å². The maximum atomic E-state index is 13.5. The fourth-order valence-corrected chi connectivity index (χ4v) is 2.45. The number of nitrogens with zero attached hydrogens (tertiary/aromatic N) is 3. The van der Waals surface area contributed by atoms with Gasteiger partial charge in [0.25, 0.3) is 5.69 Å². The highest BCUT2D eigenvalue weighted by Gasteiger charge is 2.24. The largest absolute Gasteiger partial charge is 0.374 e. The Balaban J connectivity index is 2.31. The molecule has 0 radical (unpaired) electrons. The minimum atomic E-state index is -1.16. The molecule has 2 rings (SSSR count). The number of anilines is 1. The number of benzene rings is 1. The molecule has 0 atom stereocenters. The van der Waals surface area contributed by atoms with Crippen LogP contribution >= 0.6 is 22.9 Å². The lowest BCUT2D eigenvalue weighted by atomic mass is 10.2. The molecule has 0 unspecified atom stereocenters. The van der Waals surface area contributed by atoms with Crippen LogP contribution in [0.25, 0.3) is 0 Å². The number of thiazole rings is 1. The lowest BCUT2D eigenvalue weighted by Gasteiger charge is -2.06. The van der Waals surface area contributed by atoms with E-state index in [9.17, 15) is 24.6 Å². The molecule has 0 aliphatic rings. The summed E-state index contributed by atoms with van der Waals surface area (Å²) in [4.78, 5) is 24.1. The van der Waals surface area contributed by atoms with Crippen LogP contribution in [-0.4, -0.2) is 14.8 Å². The van der Waals surface area contributed by atoms with E-state index >= 15 is 0 Å². The van der Waals surface area contributed by atoms with Crippen LogP contribution in [-0.2, 0) is 6.54 Å². The molecule has 0 saturated carbocycles. The summed E-state index contributed by atoms with van der Waals surface area (Å²) >= 11 is 6.79. The molecule has 0 aliphatic carbocycles. The number of rotatable bonds is 5. The van der Waals surface area contributed by atoms with Crippen molar-refractivity contribution < 1.29 is 14.2 Å². The van der Waals surface area contributed by atoms with Gasteiger partial charge in [0.15, 0.2) is 4.47 Å². The minimum absolute atomic E-state index is 0.127. The zero-order valence-corrected chi connectivity index (χ0v) is 11.7. The summed E-state index contributed by atoms with van der Waals surface area (Å²) < 4.78 is 13.8. The van der Waals surface area contributed by atoms with Gasteiger partial charge < -0.3 is 5.32 Å². The molecule has 0 bridgehead atoms. The number of nitro groups is 2. The maximum Gasteiger partial charge on any atom is 0.311 e. The Bertz CT molecular complexity index is 723. The van der Waals surface area contributed by atoms with Crippen molar-refractivity contribution in [1.29, 1.82) is 0 Å². The molecule has 11 heteroatoms. The fraction of sp³-hybridized carbons (Fsp3) is 0.100. The summed E-state index contributed by atoms with van der Waals surface area (Å²) in [6.45, 7) is 0.127. The maximum absolute atomic E-state index is 13.5. The number of hydrogen-bond donors (Lipinski definition) is 1. The third kappa shape index (κ3) is 3.41. The normalized spacial score (nSPS) is 10.4. The Labute approximate surface area is 125 Å². The highest BCUT2D eigenvalue weighted by atomic mass is 35.5. The van der Waals surface area contributed by atoms with Gasteiger partial charge in [0.1, 0.15) is 5.69 Å². The van der Waals surface area contributed by atoms with Gasteiger partial charge in [0, 0.05) is 17.1 Å². The molecule has 0 fully saturated rings. The molecular formula is C10H6ClFN4O4S. The number of hydrogen-bond acceptors (Lipinski definition) is 7. The van der Waals surface area contributed by atoms with E-state index in [1.165, 1.54) is 6.20 Å². The third-order valence-corrected chi connectivity index (χ3v) is 3.55. The Morgan fingerprint density at radius 3 is 2.48 bits per heavy atom. The zero-order chi connectivity index (χ0) is 15.6. The van der Waals surface area contributed by atoms with Crippen molar-refractivity contribution in [3.8, 4) is 0 Å². The molecule has 0 saturated heterocycles. The van der Waals surface area contributed by atoms with Gasteiger partial charge >= 0.3 is 5.69 Å². The first-order valence-corrected chi connectivity index (χ1v) is 6.54. The predicted octanol–water partition coefficient (Wildman–Crippen LogP) is 3.36. The van der Waals surface area contributed by atoms with Gasteiger partial charge in [-0.1, -0.05) is 11.6 Å². The van der Waals surface area contributed by atoms with E-state index in [-0.39, 0.29) is 12.2 Å². The fourth-order valence-electron chi connectivity index (χ4n) is 1.53. The third-order valence-electron chi connectivity index (χ3n) is 2.44. The Morgan fingerprint density at radius 2 is 1.95 bits per heavy atom. The zero-order valence-electron chi connectivity index (χ0n) is 10.1. The Kier molecular flexibility index (Phi) is 4.29. The summed E-state index contributed by atoms with van der Waals surface area (Å²) in [5.74, 6) is -1.16. The van der Waals surface area contributed by atoms with Crippen LogP contribution in [0.5, 0.6) is 0 Å². The second-order valence-electron chi connectivity index (χ2n) is 3.77. The molecule has 21 heavy (non-hydrogen) atoms. The second-order valence-corrected chi connectivity index (χ2v) is 5.47. The quantitative estimate of drug-likeness (QED) is 0.663. The van der Waals surface area contributed by atoms with Gasteiger partial charge in [-0.05, 0) is 0 Å². The lowest BCUT2D eigenvalue weighted by molar-refractivity contribution is -0.395. The standard InChI is InChI=1S/C10H6ClFN4O4S/c11-10-14-4-5(21-10)3-13-7-1-6(12)8(15(17)18)2-9(7)16(19)20/h1-2,4,13H,3H2. The molecule has 2 aromatic rings. The first-order chi connectivity index (χ1) is 9.88. The number of halogens is 2. The lowest BCUT2D eigenvalue weighted by Crippen LogP contribution is -2.04. The van der Waals surface area contributed by atoms with Crippen molar-refractivity contribution in [3.63, 3.8) is 0 Å². The van der Waals surface area contributed by atoms with Gasteiger partial charge in [-0.25, -0.2) is 4.98 Å². The molecule has 0 spiro atoms. The van der Waals surface area contributed by atoms with Crippen LogP contribution in [0.3, 0.4) is 0 Å². The average molecular weight is 333 g/mol. The molecule has 1 N–H and O–H groups in total. The predicted molar refractivity (Wildman–Crippen MR) is 74.2 cm³/mol. The van der Waals surface area contributed by atoms with E-state index in [0.717, 1.165) is 17.4 Å². The summed E-state index contributed by atoms with van der Waals surface area (Å²) in [5, 5.41) is 24.1. The summed E-state index contributed by atoms with van der Waals surface area (Å²) in [6, 6.07) is 1.30. The smallest absolute Gasteiger partial charge is 0.311 e. The van der Waals surface area contributed by atoms with E-state index < -0.39 is 27.0 Å². The van der Waals surface area contributed by atoms with Gasteiger partial charge in [0.05, 0.1) is 22.5 Å². The van der Waals surface area contributed by atoms with Crippen LogP contribution in [0.4, 0.5) is 21.5 Å². The van der Waals surface area contributed by atoms with Crippen LogP contribution in [0, 0.1) is 26.0 Å². The van der Waals surface area contributed by atoms with E-state index in [1.54, 1.807) is 0 Å². The molecule has 0 amide bonds. The monoisotopic (exact) mass is 332 g/mol. The first kappa shape index (κ1) is 15.1. The van der Waals surface area contributed by atoms with Crippen molar-refractivity contribution in [3.05, 3.63) is 53.7 Å². The van der Waals surface area contributed by atoms with Gasteiger partial charge in [-0.2, -0.15) is 4.39 Å². The van der Waals surface area contributed by atoms with Crippen molar-refractivity contribution in [2.75, 3.05) is 5.32 Å². The van der Waals surface area contributed by atoms with Crippen molar-refractivity contribution in [2.24, 2.45) is 0 Å². The highest BCUT2D eigenvalue weighted by Crippen LogP contribution is 2.32. The molecule has 8 nitrogen and oxygen atoms in total. The number of nitro benzene ring substituents is 2. The average Bonchev–Trinajstić information content (AvgIpc) is 2.81. The first-order valence-electron chi connectivity index (χ1n) is 5.35.